The highest BCUT2D eigenvalue weighted by atomic mass is 14.0. The van der Waals surface area contributed by atoms with Gasteiger partial charge in [0.2, 0.25) is 0 Å². The lowest BCUT2D eigenvalue weighted by molar-refractivity contribution is 1.50. The third kappa shape index (κ3) is 7.05. The second-order valence-electron chi connectivity index (χ2n) is 2.61. The molecule has 0 bridgehead atoms. The first-order valence-corrected chi connectivity index (χ1v) is 6.23. The van der Waals surface area contributed by atoms with Crippen LogP contribution in [0.5, 0.6) is 0 Å². The van der Waals surface area contributed by atoms with Crippen LogP contribution in [0.1, 0.15) is 47.1 Å². The molecule has 1 aromatic rings. The van der Waals surface area contributed by atoms with Gasteiger partial charge in [-0.25, -0.2) is 0 Å². The molecule has 0 aromatic heterocycles. The Morgan fingerprint density at radius 3 is 1.75 bits per heavy atom. The van der Waals surface area contributed by atoms with E-state index in [2.05, 4.69) is 49.4 Å². The topological polar surface area (TPSA) is 0 Å². The Labute approximate surface area is 102 Å². The molecule has 0 saturated carbocycles. The van der Waals surface area contributed by atoms with Crippen molar-refractivity contribution in [3.63, 3.8) is 0 Å². The molecule has 1 rings (SSSR count). The van der Waals surface area contributed by atoms with E-state index in [1.165, 1.54) is 11.1 Å². The lowest BCUT2D eigenvalue weighted by atomic mass is 10.1. The van der Waals surface area contributed by atoms with Crippen molar-refractivity contribution in [2.75, 3.05) is 0 Å². The Morgan fingerprint density at radius 1 is 0.875 bits per heavy atom. The summed E-state index contributed by atoms with van der Waals surface area (Å²) >= 11 is 0. The van der Waals surface area contributed by atoms with Gasteiger partial charge in [0.1, 0.15) is 0 Å². The standard InChI is InChI=1S/C12H14.2C2H6/c1-3-8-11(4-2)12-9-6-5-7-10-12;2*1-2/h3-10H,1-2H3;2*1-2H3/b8-3-,11-4+;;. The van der Waals surface area contributed by atoms with Crippen LogP contribution >= 0.6 is 0 Å². The highest BCUT2D eigenvalue weighted by Gasteiger charge is 1.92. The largest absolute Gasteiger partial charge is 0.0871 e. The number of hydrogen-bond donors (Lipinski definition) is 0. The summed E-state index contributed by atoms with van der Waals surface area (Å²) in [5.74, 6) is 0. The predicted molar refractivity (Wildman–Crippen MR) is 77.6 cm³/mol. The van der Waals surface area contributed by atoms with Crippen LogP contribution in [0.4, 0.5) is 0 Å². The average Bonchev–Trinajstić information content (AvgIpc) is 2.41. The summed E-state index contributed by atoms with van der Waals surface area (Å²) < 4.78 is 0. The molecule has 0 heteroatoms. The monoisotopic (exact) mass is 218 g/mol. The molecule has 0 fully saturated rings. The number of hydrogen-bond acceptors (Lipinski definition) is 0. The third-order valence-corrected chi connectivity index (χ3v) is 1.76. The van der Waals surface area contributed by atoms with Gasteiger partial charge in [-0.3, -0.25) is 0 Å². The molecule has 0 spiro atoms. The van der Waals surface area contributed by atoms with E-state index >= 15 is 0 Å². The van der Waals surface area contributed by atoms with E-state index in [1.807, 2.05) is 40.7 Å². The summed E-state index contributed by atoms with van der Waals surface area (Å²) in [4.78, 5) is 0. The number of benzene rings is 1. The van der Waals surface area contributed by atoms with Gasteiger partial charge in [-0.15, -0.1) is 0 Å². The van der Waals surface area contributed by atoms with Crippen molar-refractivity contribution in [1.82, 2.24) is 0 Å². The fourth-order valence-electron chi connectivity index (χ4n) is 1.17. The number of allylic oxidation sites excluding steroid dienone is 4. The van der Waals surface area contributed by atoms with E-state index in [1.54, 1.807) is 0 Å². The summed E-state index contributed by atoms with van der Waals surface area (Å²) in [5, 5.41) is 0. The van der Waals surface area contributed by atoms with Crippen molar-refractivity contribution >= 4 is 5.57 Å². The summed E-state index contributed by atoms with van der Waals surface area (Å²) in [7, 11) is 0. The molecule has 0 amide bonds. The molecular weight excluding hydrogens is 192 g/mol. The van der Waals surface area contributed by atoms with Gasteiger partial charge in [-0.1, -0.05) is 76.3 Å². The molecule has 0 aliphatic heterocycles. The van der Waals surface area contributed by atoms with E-state index in [0.717, 1.165) is 0 Å². The van der Waals surface area contributed by atoms with Crippen LogP contribution < -0.4 is 0 Å². The normalized spacial score (nSPS) is 10.0. The highest BCUT2D eigenvalue weighted by Crippen LogP contribution is 2.14. The molecule has 0 saturated heterocycles. The molecule has 16 heavy (non-hydrogen) atoms. The minimum atomic E-state index is 1.28. The fraction of sp³-hybridized carbons (Fsp3) is 0.375. The summed E-state index contributed by atoms with van der Waals surface area (Å²) in [6, 6.07) is 10.4. The van der Waals surface area contributed by atoms with Crippen LogP contribution in [0.15, 0.2) is 48.6 Å². The molecule has 0 nitrogen and oxygen atoms in total. The zero-order valence-corrected chi connectivity index (χ0v) is 11.6. The first-order chi connectivity index (χ1) is 7.88. The summed E-state index contributed by atoms with van der Waals surface area (Å²) in [5.41, 5.74) is 2.55. The first kappa shape index (κ1) is 17.1. The molecule has 1 aromatic carbocycles. The van der Waals surface area contributed by atoms with E-state index in [0.29, 0.717) is 0 Å². The molecular formula is C16H26. The Hall–Kier alpha value is -1.30. The van der Waals surface area contributed by atoms with E-state index in [-0.39, 0.29) is 0 Å². The van der Waals surface area contributed by atoms with Crippen molar-refractivity contribution in [2.24, 2.45) is 0 Å². The fourth-order valence-corrected chi connectivity index (χ4v) is 1.17. The van der Waals surface area contributed by atoms with Gasteiger partial charge in [0.15, 0.2) is 0 Å². The molecule has 0 heterocycles. The van der Waals surface area contributed by atoms with Crippen molar-refractivity contribution < 1.29 is 0 Å². The van der Waals surface area contributed by atoms with Crippen molar-refractivity contribution in [2.45, 2.75) is 41.5 Å². The molecule has 0 aliphatic carbocycles. The van der Waals surface area contributed by atoms with Crippen LogP contribution in [0, 0.1) is 0 Å². The van der Waals surface area contributed by atoms with Gasteiger partial charge >= 0.3 is 0 Å². The zero-order valence-electron chi connectivity index (χ0n) is 11.6. The maximum atomic E-state index is 2.12. The molecule has 0 radical (unpaired) electrons. The van der Waals surface area contributed by atoms with E-state index in [4.69, 9.17) is 0 Å². The van der Waals surface area contributed by atoms with Gasteiger partial charge in [-0.05, 0) is 25.0 Å². The average molecular weight is 218 g/mol. The maximum absolute atomic E-state index is 2.12. The second kappa shape index (κ2) is 13.7. The second-order valence-corrected chi connectivity index (χ2v) is 2.61. The first-order valence-electron chi connectivity index (χ1n) is 6.23. The van der Waals surface area contributed by atoms with E-state index < -0.39 is 0 Å². The van der Waals surface area contributed by atoms with Gasteiger partial charge in [0.25, 0.3) is 0 Å². The van der Waals surface area contributed by atoms with Crippen LogP contribution in [-0.2, 0) is 0 Å². The van der Waals surface area contributed by atoms with Crippen LogP contribution in [0.3, 0.4) is 0 Å². The minimum Gasteiger partial charge on any atom is -0.0871 e. The van der Waals surface area contributed by atoms with Gasteiger partial charge in [-0.2, -0.15) is 0 Å². The van der Waals surface area contributed by atoms with Gasteiger partial charge < -0.3 is 0 Å². The van der Waals surface area contributed by atoms with E-state index in [9.17, 15) is 0 Å². The maximum Gasteiger partial charge on any atom is -0.0187 e. The van der Waals surface area contributed by atoms with Crippen molar-refractivity contribution in [3.8, 4) is 0 Å². The predicted octanol–water partition coefficient (Wildman–Crippen LogP) is 5.72. The van der Waals surface area contributed by atoms with Crippen molar-refractivity contribution in [1.29, 1.82) is 0 Å². The van der Waals surface area contributed by atoms with Crippen LogP contribution in [0.2, 0.25) is 0 Å². The minimum absolute atomic E-state index is 1.28. The highest BCUT2D eigenvalue weighted by molar-refractivity contribution is 5.73. The SMILES string of the molecule is C/C=C\C(=C/C)c1ccccc1.CC.CC. The Morgan fingerprint density at radius 2 is 1.38 bits per heavy atom. The Balaban J connectivity index is 0. The lowest BCUT2D eigenvalue weighted by Crippen LogP contribution is -1.77. The summed E-state index contributed by atoms with van der Waals surface area (Å²) in [6.45, 7) is 12.1. The molecule has 0 atom stereocenters. The van der Waals surface area contributed by atoms with Crippen LogP contribution in [-0.4, -0.2) is 0 Å². The third-order valence-electron chi connectivity index (χ3n) is 1.76. The smallest absolute Gasteiger partial charge is 0.0187 e. The van der Waals surface area contributed by atoms with Gasteiger partial charge in [0, 0.05) is 0 Å². The lowest BCUT2D eigenvalue weighted by Gasteiger charge is -1.99. The molecule has 0 N–H and O–H groups in total. The molecule has 0 aliphatic rings. The quantitative estimate of drug-likeness (QED) is 0.557. The molecule has 0 unspecified atom stereocenters. The Kier molecular flexibility index (Phi) is 14.6. The van der Waals surface area contributed by atoms with Gasteiger partial charge in [0.05, 0.1) is 0 Å². The molecule has 90 valence electrons. The Bertz CT molecular complexity index is 278. The van der Waals surface area contributed by atoms with Crippen LogP contribution in [0.25, 0.3) is 5.57 Å². The summed E-state index contributed by atoms with van der Waals surface area (Å²) in [6.07, 6.45) is 6.30. The zero-order chi connectivity index (χ0) is 12.8. The number of rotatable bonds is 2. The van der Waals surface area contributed by atoms with Crippen molar-refractivity contribution in [3.05, 3.63) is 54.1 Å².